The van der Waals surface area contributed by atoms with Crippen LogP contribution in [0.15, 0.2) is 23.2 Å². The van der Waals surface area contributed by atoms with Crippen LogP contribution in [0.25, 0.3) is 0 Å². The van der Waals surface area contributed by atoms with Crippen LogP contribution >= 0.6 is 24.0 Å². The van der Waals surface area contributed by atoms with E-state index < -0.39 is 0 Å². The lowest BCUT2D eigenvalue weighted by Crippen LogP contribution is -2.44. The first kappa shape index (κ1) is 20.1. The molecular weight excluding hydrogens is 382 g/mol. The molecule has 0 aliphatic rings. The van der Waals surface area contributed by atoms with Gasteiger partial charge in [-0.25, -0.2) is 9.38 Å². The fourth-order valence-electron chi connectivity index (χ4n) is 1.76. The van der Waals surface area contributed by atoms with E-state index in [-0.39, 0.29) is 35.3 Å². The summed E-state index contributed by atoms with van der Waals surface area (Å²) in [5.41, 5.74) is 7.14. The predicted molar refractivity (Wildman–Crippen MR) is 97.4 cm³/mol. The Bertz CT molecular complexity index is 481. The first-order valence-corrected chi connectivity index (χ1v) is 6.67. The largest absolute Gasteiger partial charge is 0.370 e. The number of halogens is 2. The van der Waals surface area contributed by atoms with Crippen LogP contribution in [0.1, 0.15) is 31.9 Å². The minimum atomic E-state index is -0.200. The first-order chi connectivity index (χ1) is 9.17. The molecule has 0 radical (unpaired) electrons. The highest BCUT2D eigenvalue weighted by molar-refractivity contribution is 14.0. The summed E-state index contributed by atoms with van der Waals surface area (Å²) in [6.45, 7) is 6.97. The fraction of sp³-hybridized carbons (Fsp3) is 0.533. The molecule has 0 aliphatic carbocycles. The maximum atomic E-state index is 13.9. The van der Waals surface area contributed by atoms with Crippen molar-refractivity contribution < 1.29 is 4.39 Å². The molecule has 1 aromatic rings. The molecule has 120 valence electrons. The smallest absolute Gasteiger partial charge is 0.189 e. The molecule has 0 unspecified atom stereocenters. The van der Waals surface area contributed by atoms with Gasteiger partial charge in [0.2, 0.25) is 0 Å². The fourth-order valence-corrected chi connectivity index (χ4v) is 1.76. The second kappa shape index (κ2) is 8.53. The number of hydrogen-bond acceptors (Lipinski definition) is 2. The topological polar surface area (TPSA) is 53.6 Å². The van der Waals surface area contributed by atoms with Gasteiger partial charge in [-0.15, -0.1) is 24.0 Å². The third-order valence-electron chi connectivity index (χ3n) is 2.54. The van der Waals surface area contributed by atoms with E-state index in [1.807, 2.05) is 45.8 Å². The Labute approximate surface area is 144 Å². The van der Waals surface area contributed by atoms with Gasteiger partial charge in [0, 0.05) is 17.6 Å². The molecule has 0 fully saturated rings. The highest BCUT2D eigenvalue weighted by Gasteiger charge is 2.10. The summed E-state index contributed by atoms with van der Waals surface area (Å²) in [6.07, 6.45) is 0. The Kier molecular flexibility index (Phi) is 8.17. The van der Waals surface area contributed by atoms with Crippen molar-refractivity contribution >= 4 is 29.9 Å². The zero-order chi connectivity index (χ0) is 15.3. The van der Waals surface area contributed by atoms with Crippen molar-refractivity contribution in [3.63, 3.8) is 0 Å². The lowest BCUT2D eigenvalue weighted by atomic mass is 10.1. The van der Waals surface area contributed by atoms with E-state index in [1.165, 1.54) is 6.07 Å². The van der Waals surface area contributed by atoms with E-state index in [4.69, 9.17) is 5.73 Å². The van der Waals surface area contributed by atoms with Crippen LogP contribution in [0.4, 0.5) is 4.39 Å². The minimum absolute atomic E-state index is 0. The van der Waals surface area contributed by atoms with E-state index in [2.05, 4.69) is 10.3 Å². The van der Waals surface area contributed by atoms with Crippen molar-refractivity contribution in [2.45, 2.75) is 39.4 Å². The SMILES string of the molecule is CN(C)Cc1ccc(CN=C(N)NC(C)(C)C)cc1F.I. The van der Waals surface area contributed by atoms with Crippen molar-refractivity contribution in [2.24, 2.45) is 10.7 Å². The lowest BCUT2D eigenvalue weighted by molar-refractivity contribution is 0.392. The van der Waals surface area contributed by atoms with E-state index in [0.717, 1.165) is 5.56 Å². The van der Waals surface area contributed by atoms with E-state index in [0.29, 0.717) is 24.6 Å². The average molecular weight is 408 g/mol. The van der Waals surface area contributed by atoms with Crippen molar-refractivity contribution in [2.75, 3.05) is 14.1 Å². The summed E-state index contributed by atoms with van der Waals surface area (Å²) in [5.74, 6) is 0.170. The van der Waals surface area contributed by atoms with Crippen LogP contribution in [0.3, 0.4) is 0 Å². The number of aliphatic imine (C=N–C) groups is 1. The summed E-state index contributed by atoms with van der Waals surface area (Å²) < 4.78 is 13.9. The molecule has 1 rings (SSSR count). The molecule has 1 aromatic carbocycles. The second-order valence-electron chi connectivity index (χ2n) is 6.24. The summed E-state index contributed by atoms with van der Waals surface area (Å²) >= 11 is 0. The van der Waals surface area contributed by atoms with Gasteiger partial charge in [0.1, 0.15) is 5.82 Å². The molecule has 6 heteroatoms. The third kappa shape index (κ3) is 8.21. The lowest BCUT2D eigenvalue weighted by Gasteiger charge is -2.21. The van der Waals surface area contributed by atoms with Crippen molar-refractivity contribution in [3.8, 4) is 0 Å². The zero-order valence-electron chi connectivity index (χ0n) is 13.4. The monoisotopic (exact) mass is 408 g/mol. The Hall–Kier alpha value is -0.890. The van der Waals surface area contributed by atoms with Crippen molar-refractivity contribution in [1.29, 1.82) is 0 Å². The number of rotatable bonds is 4. The number of nitrogens with zero attached hydrogens (tertiary/aromatic N) is 2. The van der Waals surface area contributed by atoms with Gasteiger partial charge in [-0.3, -0.25) is 0 Å². The molecule has 0 saturated heterocycles. The normalized spacial score (nSPS) is 12.2. The molecule has 0 heterocycles. The summed E-state index contributed by atoms with van der Waals surface area (Å²) in [7, 11) is 3.83. The molecule has 0 bridgehead atoms. The Morgan fingerprint density at radius 2 is 1.95 bits per heavy atom. The molecule has 0 amide bonds. The number of benzene rings is 1. The highest BCUT2D eigenvalue weighted by atomic mass is 127. The molecule has 0 aliphatic heterocycles. The Morgan fingerprint density at radius 1 is 1.33 bits per heavy atom. The van der Waals surface area contributed by atoms with Crippen LogP contribution in [0.5, 0.6) is 0 Å². The Morgan fingerprint density at radius 3 is 2.43 bits per heavy atom. The molecule has 0 spiro atoms. The van der Waals surface area contributed by atoms with Crippen LogP contribution in [-0.4, -0.2) is 30.5 Å². The molecular formula is C15H26FIN4. The highest BCUT2D eigenvalue weighted by Crippen LogP contribution is 2.12. The van der Waals surface area contributed by atoms with Crippen molar-refractivity contribution in [1.82, 2.24) is 10.2 Å². The van der Waals surface area contributed by atoms with E-state index >= 15 is 0 Å². The third-order valence-corrected chi connectivity index (χ3v) is 2.54. The van der Waals surface area contributed by atoms with Crippen LogP contribution in [0.2, 0.25) is 0 Å². The molecule has 0 saturated carbocycles. The first-order valence-electron chi connectivity index (χ1n) is 6.67. The minimum Gasteiger partial charge on any atom is -0.370 e. The maximum Gasteiger partial charge on any atom is 0.189 e. The molecule has 0 atom stereocenters. The molecule has 21 heavy (non-hydrogen) atoms. The Balaban J connectivity index is 0.00000400. The van der Waals surface area contributed by atoms with Crippen LogP contribution in [0, 0.1) is 5.82 Å². The quantitative estimate of drug-likeness (QED) is 0.458. The van der Waals surface area contributed by atoms with Gasteiger partial charge in [0.15, 0.2) is 5.96 Å². The van der Waals surface area contributed by atoms with Gasteiger partial charge in [-0.2, -0.15) is 0 Å². The number of nitrogens with one attached hydrogen (secondary N) is 1. The number of hydrogen-bond donors (Lipinski definition) is 2. The summed E-state index contributed by atoms with van der Waals surface area (Å²) in [5, 5.41) is 3.07. The van der Waals surface area contributed by atoms with Gasteiger partial charge in [0.05, 0.1) is 6.54 Å². The van der Waals surface area contributed by atoms with Crippen LogP contribution in [-0.2, 0) is 13.1 Å². The number of nitrogens with two attached hydrogens (primary N) is 1. The summed E-state index contributed by atoms with van der Waals surface area (Å²) in [6, 6.07) is 5.20. The summed E-state index contributed by atoms with van der Waals surface area (Å²) in [4.78, 5) is 6.15. The van der Waals surface area contributed by atoms with Gasteiger partial charge in [0.25, 0.3) is 0 Å². The van der Waals surface area contributed by atoms with Gasteiger partial charge in [-0.05, 0) is 46.5 Å². The molecule has 3 N–H and O–H groups in total. The van der Waals surface area contributed by atoms with Crippen LogP contribution < -0.4 is 11.1 Å². The van der Waals surface area contributed by atoms with Crippen molar-refractivity contribution in [3.05, 3.63) is 35.1 Å². The zero-order valence-corrected chi connectivity index (χ0v) is 15.7. The van der Waals surface area contributed by atoms with E-state index in [9.17, 15) is 4.39 Å². The van der Waals surface area contributed by atoms with Gasteiger partial charge >= 0.3 is 0 Å². The maximum absolute atomic E-state index is 13.9. The number of guanidine groups is 1. The average Bonchev–Trinajstić information content (AvgIpc) is 2.27. The van der Waals surface area contributed by atoms with Gasteiger partial charge in [-0.1, -0.05) is 12.1 Å². The van der Waals surface area contributed by atoms with Gasteiger partial charge < -0.3 is 16.0 Å². The second-order valence-corrected chi connectivity index (χ2v) is 6.24. The van der Waals surface area contributed by atoms with E-state index in [1.54, 1.807) is 6.07 Å². The molecule has 4 nitrogen and oxygen atoms in total. The predicted octanol–water partition coefficient (Wildman–Crippen LogP) is 2.71. The molecule has 0 aromatic heterocycles. The standard InChI is InChI=1S/C15H25FN4.HI/c1-15(2,3)19-14(17)18-9-11-6-7-12(10-20(4)5)13(16)8-11;/h6-8H,9-10H2,1-5H3,(H3,17,18,19);1H.